The third-order valence-electron chi connectivity index (χ3n) is 4.67. The van der Waals surface area contributed by atoms with Crippen LogP contribution in [0.3, 0.4) is 0 Å². The second-order valence-corrected chi connectivity index (χ2v) is 7.64. The summed E-state index contributed by atoms with van der Waals surface area (Å²) in [7, 11) is 0. The van der Waals surface area contributed by atoms with E-state index in [-0.39, 0.29) is 17.3 Å². The van der Waals surface area contributed by atoms with Crippen LogP contribution in [0.25, 0.3) is 0 Å². The van der Waals surface area contributed by atoms with Crippen LogP contribution in [0.2, 0.25) is 0 Å². The molecular weight excluding hydrogens is 312 g/mol. The Morgan fingerprint density at radius 3 is 2.91 bits per heavy atom. The van der Waals surface area contributed by atoms with E-state index < -0.39 is 5.97 Å². The topological polar surface area (TPSA) is 55.8 Å². The SMILES string of the molecule is CCOc1ccc2c(c1)[C@H](SCCC(=O)O)CC1(CCCC1)O2. The molecule has 0 aromatic heterocycles. The molecule has 1 spiro atoms. The standard InChI is InChI=1S/C18H24O4S/c1-2-21-13-5-6-15-14(11-13)16(23-10-7-17(19)20)12-18(22-15)8-3-4-9-18/h5-6,11,16H,2-4,7-10,12H2,1H3,(H,19,20)/t16-/m1/s1. The summed E-state index contributed by atoms with van der Waals surface area (Å²) >= 11 is 1.74. The number of hydrogen-bond donors (Lipinski definition) is 1. The fourth-order valence-corrected chi connectivity index (χ4v) is 4.98. The Morgan fingerprint density at radius 2 is 2.22 bits per heavy atom. The predicted octanol–water partition coefficient (Wildman–Crippen LogP) is 4.43. The highest BCUT2D eigenvalue weighted by molar-refractivity contribution is 7.99. The monoisotopic (exact) mass is 336 g/mol. The number of benzene rings is 1. The van der Waals surface area contributed by atoms with Crippen molar-refractivity contribution in [3.8, 4) is 11.5 Å². The van der Waals surface area contributed by atoms with Gasteiger partial charge >= 0.3 is 5.97 Å². The molecular formula is C18H24O4S. The van der Waals surface area contributed by atoms with E-state index in [1.807, 2.05) is 19.1 Å². The van der Waals surface area contributed by atoms with Crippen molar-refractivity contribution in [3.63, 3.8) is 0 Å². The van der Waals surface area contributed by atoms with Gasteiger partial charge in [0.15, 0.2) is 0 Å². The van der Waals surface area contributed by atoms with E-state index in [4.69, 9.17) is 14.6 Å². The summed E-state index contributed by atoms with van der Waals surface area (Å²) in [6, 6.07) is 6.05. The van der Waals surface area contributed by atoms with Crippen LogP contribution in [0.15, 0.2) is 18.2 Å². The number of carboxylic acid groups (broad SMARTS) is 1. The van der Waals surface area contributed by atoms with Gasteiger partial charge in [-0.05, 0) is 50.8 Å². The van der Waals surface area contributed by atoms with E-state index in [0.29, 0.717) is 12.4 Å². The molecule has 0 unspecified atom stereocenters. The van der Waals surface area contributed by atoms with E-state index >= 15 is 0 Å². The van der Waals surface area contributed by atoms with Crippen LogP contribution in [-0.4, -0.2) is 29.0 Å². The maximum absolute atomic E-state index is 10.8. The Bertz CT molecular complexity index is 566. The van der Waals surface area contributed by atoms with Gasteiger partial charge in [-0.1, -0.05) is 0 Å². The van der Waals surface area contributed by atoms with Crippen LogP contribution in [0.4, 0.5) is 0 Å². The van der Waals surface area contributed by atoms with Gasteiger partial charge in [-0.25, -0.2) is 0 Å². The minimum absolute atomic E-state index is 0.0407. The Kier molecular flexibility index (Phi) is 5.05. The summed E-state index contributed by atoms with van der Waals surface area (Å²) in [5, 5.41) is 9.19. The highest BCUT2D eigenvalue weighted by atomic mass is 32.2. The highest BCUT2D eigenvalue weighted by Gasteiger charge is 2.43. The molecule has 1 aliphatic carbocycles. The summed E-state index contributed by atoms with van der Waals surface area (Å²) < 4.78 is 12.0. The van der Waals surface area contributed by atoms with Gasteiger partial charge < -0.3 is 14.6 Å². The smallest absolute Gasteiger partial charge is 0.304 e. The van der Waals surface area contributed by atoms with E-state index in [1.165, 1.54) is 12.8 Å². The van der Waals surface area contributed by atoms with Crippen LogP contribution < -0.4 is 9.47 Å². The molecule has 1 aromatic carbocycles. The molecule has 0 radical (unpaired) electrons. The molecule has 1 aliphatic heterocycles. The number of rotatable bonds is 6. The summed E-state index contributed by atoms with van der Waals surface area (Å²) in [5.74, 6) is 1.72. The molecule has 1 heterocycles. The lowest BCUT2D eigenvalue weighted by atomic mass is 9.89. The number of hydrogen-bond acceptors (Lipinski definition) is 4. The molecule has 1 saturated carbocycles. The van der Waals surface area contributed by atoms with Crippen molar-refractivity contribution in [2.45, 2.75) is 56.3 Å². The largest absolute Gasteiger partial charge is 0.494 e. The predicted molar refractivity (Wildman–Crippen MR) is 91.5 cm³/mol. The minimum Gasteiger partial charge on any atom is -0.494 e. The van der Waals surface area contributed by atoms with Gasteiger partial charge in [-0.3, -0.25) is 4.79 Å². The van der Waals surface area contributed by atoms with E-state index in [1.54, 1.807) is 11.8 Å². The molecule has 1 N–H and O–H groups in total. The number of carbonyl (C=O) groups is 1. The second kappa shape index (κ2) is 7.04. The first-order valence-electron chi connectivity index (χ1n) is 8.41. The molecule has 3 rings (SSSR count). The molecule has 2 aliphatic rings. The maximum Gasteiger partial charge on any atom is 0.304 e. The van der Waals surface area contributed by atoms with Crippen LogP contribution in [0.5, 0.6) is 11.5 Å². The van der Waals surface area contributed by atoms with Crippen LogP contribution in [0, 0.1) is 0 Å². The number of fused-ring (bicyclic) bond motifs is 1. The van der Waals surface area contributed by atoms with E-state index in [9.17, 15) is 4.79 Å². The zero-order valence-electron chi connectivity index (χ0n) is 13.5. The molecule has 0 saturated heterocycles. The lowest BCUT2D eigenvalue weighted by Crippen LogP contribution is -2.37. The molecule has 1 aromatic rings. The number of aliphatic carboxylic acids is 1. The van der Waals surface area contributed by atoms with Crippen LogP contribution >= 0.6 is 11.8 Å². The lowest BCUT2D eigenvalue weighted by molar-refractivity contribution is -0.136. The highest BCUT2D eigenvalue weighted by Crippen LogP contribution is 2.52. The van der Waals surface area contributed by atoms with Gasteiger partial charge in [-0.2, -0.15) is 11.8 Å². The first-order chi connectivity index (χ1) is 11.1. The first-order valence-corrected chi connectivity index (χ1v) is 9.46. The number of thioether (sulfide) groups is 1. The van der Waals surface area contributed by atoms with Gasteiger partial charge in [0, 0.05) is 23.0 Å². The molecule has 4 nitrogen and oxygen atoms in total. The van der Waals surface area contributed by atoms with Gasteiger partial charge in [0.25, 0.3) is 0 Å². The fraction of sp³-hybridized carbons (Fsp3) is 0.611. The van der Waals surface area contributed by atoms with Crippen LogP contribution in [-0.2, 0) is 4.79 Å². The fourth-order valence-electron chi connectivity index (χ4n) is 3.61. The zero-order chi connectivity index (χ0) is 16.3. The van der Waals surface area contributed by atoms with Crippen molar-refractivity contribution in [2.24, 2.45) is 0 Å². The van der Waals surface area contributed by atoms with E-state index in [0.717, 1.165) is 36.3 Å². The molecule has 5 heteroatoms. The molecule has 23 heavy (non-hydrogen) atoms. The van der Waals surface area contributed by atoms with Crippen molar-refractivity contribution < 1.29 is 19.4 Å². The number of carboxylic acids is 1. The molecule has 1 fully saturated rings. The third-order valence-corrected chi connectivity index (χ3v) is 5.94. The molecule has 126 valence electrons. The van der Waals surface area contributed by atoms with Crippen molar-refractivity contribution >= 4 is 17.7 Å². The van der Waals surface area contributed by atoms with Gasteiger partial charge in [0.1, 0.15) is 17.1 Å². The maximum atomic E-state index is 10.8. The Labute approximate surface area is 141 Å². The van der Waals surface area contributed by atoms with E-state index in [2.05, 4.69) is 6.07 Å². The molecule has 0 amide bonds. The first kappa shape index (κ1) is 16.5. The Hall–Kier alpha value is -1.36. The summed E-state index contributed by atoms with van der Waals surface area (Å²) in [6.45, 7) is 2.61. The zero-order valence-corrected chi connectivity index (χ0v) is 14.4. The molecule has 0 bridgehead atoms. The summed E-state index contributed by atoms with van der Waals surface area (Å²) in [5.41, 5.74) is 1.12. The molecule has 1 atom stereocenters. The van der Waals surface area contributed by atoms with Gasteiger partial charge in [0.05, 0.1) is 13.0 Å². The van der Waals surface area contributed by atoms with Crippen molar-refractivity contribution in [1.29, 1.82) is 0 Å². The second-order valence-electron chi connectivity index (χ2n) is 6.33. The Balaban J connectivity index is 1.83. The Morgan fingerprint density at radius 1 is 1.43 bits per heavy atom. The normalized spacial score (nSPS) is 21.7. The average Bonchev–Trinajstić information content (AvgIpc) is 2.95. The third kappa shape index (κ3) is 3.77. The van der Waals surface area contributed by atoms with Gasteiger partial charge in [-0.15, -0.1) is 0 Å². The number of ether oxygens (including phenoxy) is 2. The van der Waals surface area contributed by atoms with Gasteiger partial charge in [0.2, 0.25) is 0 Å². The average molecular weight is 336 g/mol. The van der Waals surface area contributed by atoms with Crippen molar-refractivity contribution in [2.75, 3.05) is 12.4 Å². The summed E-state index contributed by atoms with van der Waals surface area (Å²) in [6.07, 6.45) is 5.83. The quantitative estimate of drug-likeness (QED) is 0.833. The van der Waals surface area contributed by atoms with Crippen molar-refractivity contribution in [3.05, 3.63) is 23.8 Å². The lowest BCUT2D eigenvalue weighted by Gasteiger charge is -2.40. The van der Waals surface area contributed by atoms with Crippen molar-refractivity contribution in [1.82, 2.24) is 0 Å². The van der Waals surface area contributed by atoms with Crippen LogP contribution in [0.1, 0.15) is 56.3 Å². The summed E-state index contributed by atoms with van der Waals surface area (Å²) in [4.78, 5) is 10.8. The minimum atomic E-state index is -0.733.